The number of hydrogen-bond donors (Lipinski definition) is 3. The van der Waals surface area contributed by atoms with Crippen LogP contribution in [0.5, 0.6) is 23.0 Å². The number of benzene rings is 2. The van der Waals surface area contributed by atoms with Crippen LogP contribution in [0, 0.1) is 0 Å². The van der Waals surface area contributed by atoms with Crippen LogP contribution in [0.4, 0.5) is 0 Å². The predicted molar refractivity (Wildman–Crippen MR) is 71.3 cm³/mol. The Labute approximate surface area is 118 Å². The lowest BCUT2D eigenvalue weighted by Crippen LogP contribution is -2.22. The van der Waals surface area contributed by atoms with Crippen LogP contribution in [0.1, 0.15) is 31.8 Å². The first-order valence-corrected chi connectivity index (χ1v) is 6.01. The minimum absolute atomic E-state index is 0.00282. The van der Waals surface area contributed by atoms with Gasteiger partial charge in [0, 0.05) is 5.56 Å². The lowest BCUT2D eigenvalue weighted by molar-refractivity contribution is 0.0971. The number of phenolic OH excluding ortho intramolecular Hbond substituents is 3. The largest absolute Gasteiger partial charge is 0.507 e. The predicted octanol–water partition coefficient (Wildman–Crippen LogP) is 1.59. The van der Waals surface area contributed by atoms with Crippen molar-refractivity contribution in [1.82, 2.24) is 0 Å². The molecule has 0 bridgehead atoms. The fourth-order valence-corrected chi connectivity index (χ4v) is 2.49. The third kappa shape index (κ3) is 1.59. The van der Waals surface area contributed by atoms with Crippen LogP contribution in [0.25, 0.3) is 0 Å². The van der Waals surface area contributed by atoms with E-state index in [-0.39, 0.29) is 39.5 Å². The molecule has 0 amide bonds. The van der Waals surface area contributed by atoms with E-state index in [2.05, 4.69) is 0 Å². The monoisotopic (exact) mass is 286 g/mol. The lowest BCUT2D eigenvalue weighted by atomic mass is 9.82. The van der Waals surface area contributed by atoms with Gasteiger partial charge in [-0.3, -0.25) is 9.59 Å². The molecule has 0 unspecified atom stereocenters. The fourth-order valence-electron chi connectivity index (χ4n) is 2.49. The van der Waals surface area contributed by atoms with Crippen molar-refractivity contribution >= 4 is 11.6 Å². The first-order chi connectivity index (χ1) is 9.97. The lowest BCUT2D eigenvalue weighted by Gasteiger charge is -2.21. The number of methoxy groups -OCH3 is 1. The Morgan fingerprint density at radius 2 is 1.29 bits per heavy atom. The van der Waals surface area contributed by atoms with E-state index in [4.69, 9.17) is 4.74 Å². The van der Waals surface area contributed by atoms with Gasteiger partial charge in [0.1, 0.15) is 11.5 Å². The molecule has 0 aromatic heterocycles. The summed E-state index contributed by atoms with van der Waals surface area (Å²) in [6.07, 6.45) is 0. The van der Waals surface area contributed by atoms with Crippen LogP contribution in [-0.4, -0.2) is 34.0 Å². The van der Waals surface area contributed by atoms with Crippen molar-refractivity contribution in [2.75, 3.05) is 7.11 Å². The number of ether oxygens (including phenoxy) is 1. The number of carbonyl (C=O) groups excluding carboxylic acids is 2. The van der Waals surface area contributed by atoms with Crippen LogP contribution < -0.4 is 4.74 Å². The van der Waals surface area contributed by atoms with Gasteiger partial charge in [-0.25, -0.2) is 0 Å². The Balaban J connectivity index is 2.42. The van der Waals surface area contributed by atoms with E-state index in [1.54, 1.807) is 0 Å². The van der Waals surface area contributed by atoms with Crippen molar-refractivity contribution < 1.29 is 29.6 Å². The molecule has 3 N–H and O–H groups in total. The Morgan fingerprint density at radius 3 is 1.86 bits per heavy atom. The molecule has 0 atom stereocenters. The minimum Gasteiger partial charge on any atom is -0.507 e. The zero-order chi connectivity index (χ0) is 15.3. The summed E-state index contributed by atoms with van der Waals surface area (Å²) in [6.45, 7) is 0. The summed E-state index contributed by atoms with van der Waals surface area (Å²) in [7, 11) is 1.25. The van der Waals surface area contributed by atoms with E-state index in [1.807, 2.05) is 0 Å². The average molecular weight is 286 g/mol. The molecule has 1 aliphatic rings. The summed E-state index contributed by atoms with van der Waals surface area (Å²) in [5, 5.41) is 29.4. The number of carbonyl (C=O) groups is 2. The molecule has 21 heavy (non-hydrogen) atoms. The first-order valence-electron chi connectivity index (χ1n) is 6.01. The maximum absolute atomic E-state index is 12.5. The molecule has 2 aromatic carbocycles. The van der Waals surface area contributed by atoms with Crippen molar-refractivity contribution in [2.24, 2.45) is 0 Å². The Bertz CT molecular complexity index is 806. The highest BCUT2D eigenvalue weighted by molar-refractivity contribution is 6.31. The highest BCUT2D eigenvalue weighted by atomic mass is 16.5. The maximum Gasteiger partial charge on any atom is 0.202 e. The third-order valence-electron chi connectivity index (χ3n) is 3.43. The van der Waals surface area contributed by atoms with Crippen molar-refractivity contribution in [3.8, 4) is 23.0 Å². The highest BCUT2D eigenvalue weighted by Crippen LogP contribution is 2.43. The summed E-state index contributed by atoms with van der Waals surface area (Å²) in [5.74, 6) is -2.55. The SMILES string of the molecule is COc1c(O)ccc2c1C(=O)c1c(O)ccc(O)c1C2=O. The van der Waals surface area contributed by atoms with Gasteiger partial charge in [0.15, 0.2) is 17.3 Å². The molecule has 0 aliphatic heterocycles. The zero-order valence-electron chi connectivity index (χ0n) is 10.9. The van der Waals surface area contributed by atoms with Gasteiger partial charge in [-0.15, -0.1) is 0 Å². The Morgan fingerprint density at radius 1 is 0.762 bits per heavy atom. The molecule has 0 heterocycles. The first kappa shape index (κ1) is 13.0. The molecule has 3 rings (SSSR count). The second-order valence-corrected chi connectivity index (χ2v) is 4.55. The second-order valence-electron chi connectivity index (χ2n) is 4.55. The van der Waals surface area contributed by atoms with Gasteiger partial charge in [0.2, 0.25) is 5.78 Å². The number of hydrogen-bond acceptors (Lipinski definition) is 6. The van der Waals surface area contributed by atoms with Gasteiger partial charge in [-0.1, -0.05) is 0 Å². The van der Waals surface area contributed by atoms with E-state index < -0.39 is 17.3 Å². The van der Waals surface area contributed by atoms with Gasteiger partial charge in [0.25, 0.3) is 0 Å². The van der Waals surface area contributed by atoms with E-state index in [0.29, 0.717) is 0 Å². The van der Waals surface area contributed by atoms with E-state index in [1.165, 1.54) is 19.2 Å². The van der Waals surface area contributed by atoms with Gasteiger partial charge in [-0.2, -0.15) is 0 Å². The number of ketones is 2. The molecule has 0 fully saturated rings. The minimum atomic E-state index is -0.694. The molecular formula is C15H10O6. The summed E-state index contributed by atoms with van der Waals surface area (Å²) < 4.78 is 4.98. The molecule has 6 heteroatoms. The van der Waals surface area contributed by atoms with Crippen molar-refractivity contribution in [1.29, 1.82) is 0 Å². The number of rotatable bonds is 1. The molecule has 0 spiro atoms. The molecule has 106 valence electrons. The van der Waals surface area contributed by atoms with E-state index >= 15 is 0 Å². The third-order valence-corrected chi connectivity index (χ3v) is 3.43. The summed E-state index contributed by atoms with van der Waals surface area (Å²) in [4.78, 5) is 25.0. The van der Waals surface area contributed by atoms with Crippen LogP contribution in [-0.2, 0) is 0 Å². The van der Waals surface area contributed by atoms with Crippen LogP contribution in [0.15, 0.2) is 24.3 Å². The summed E-state index contributed by atoms with van der Waals surface area (Å²) in [5.41, 5.74) is -0.671. The topological polar surface area (TPSA) is 104 Å². The number of phenols is 3. The van der Waals surface area contributed by atoms with Gasteiger partial charge < -0.3 is 20.1 Å². The highest BCUT2D eigenvalue weighted by Gasteiger charge is 2.37. The smallest absolute Gasteiger partial charge is 0.202 e. The molecule has 0 saturated heterocycles. The Kier molecular flexibility index (Phi) is 2.62. The molecule has 1 aliphatic carbocycles. The second kappa shape index (κ2) is 4.24. The van der Waals surface area contributed by atoms with Crippen LogP contribution in [0.2, 0.25) is 0 Å². The summed E-state index contributed by atoms with van der Waals surface area (Å²) in [6, 6.07) is 4.77. The standard InChI is InChI=1S/C15H10O6/c1-21-15-9(18)3-2-6-10(15)14(20)12-8(17)5-4-7(16)11(12)13(6)19/h2-5,16-18H,1H3. The molecule has 2 aromatic rings. The van der Waals surface area contributed by atoms with Gasteiger partial charge in [0.05, 0.1) is 23.8 Å². The fraction of sp³-hybridized carbons (Fsp3) is 0.0667. The molecular weight excluding hydrogens is 276 g/mol. The zero-order valence-corrected chi connectivity index (χ0v) is 10.9. The van der Waals surface area contributed by atoms with Crippen LogP contribution >= 0.6 is 0 Å². The summed E-state index contributed by atoms with van der Waals surface area (Å²) >= 11 is 0. The number of aromatic hydroxyl groups is 3. The molecule has 0 saturated carbocycles. The molecule has 0 radical (unpaired) electrons. The maximum atomic E-state index is 12.5. The van der Waals surface area contributed by atoms with Crippen molar-refractivity contribution in [3.63, 3.8) is 0 Å². The quantitative estimate of drug-likeness (QED) is 0.587. The Hall–Kier alpha value is -3.02. The average Bonchev–Trinajstić information content (AvgIpc) is 2.46. The van der Waals surface area contributed by atoms with Gasteiger partial charge >= 0.3 is 0 Å². The van der Waals surface area contributed by atoms with Gasteiger partial charge in [-0.05, 0) is 24.3 Å². The number of fused-ring (bicyclic) bond motifs is 2. The van der Waals surface area contributed by atoms with Crippen LogP contribution in [0.3, 0.4) is 0 Å². The van der Waals surface area contributed by atoms with Crippen molar-refractivity contribution in [3.05, 3.63) is 46.5 Å². The normalized spacial score (nSPS) is 12.8. The van der Waals surface area contributed by atoms with E-state index in [9.17, 15) is 24.9 Å². The van der Waals surface area contributed by atoms with E-state index in [0.717, 1.165) is 12.1 Å². The molecule has 6 nitrogen and oxygen atoms in total. The van der Waals surface area contributed by atoms with Crippen molar-refractivity contribution in [2.45, 2.75) is 0 Å².